The second kappa shape index (κ2) is 12.0. The summed E-state index contributed by atoms with van der Waals surface area (Å²) in [5.41, 5.74) is 0.414. The molecule has 44 heavy (non-hydrogen) atoms. The predicted molar refractivity (Wildman–Crippen MR) is 162 cm³/mol. The second-order valence-electron chi connectivity index (χ2n) is 9.63. The van der Waals surface area contributed by atoms with E-state index in [1.807, 2.05) is 25.1 Å². The Morgan fingerprint density at radius 1 is 1.00 bits per heavy atom. The first kappa shape index (κ1) is 29.2. The van der Waals surface area contributed by atoms with Crippen molar-refractivity contribution in [2.45, 2.75) is 19.7 Å². The fourth-order valence-corrected chi connectivity index (χ4v) is 5.20. The van der Waals surface area contributed by atoms with Gasteiger partial charge in [-0.2, -0.15) is 22.9 Å². The Kier molecular flexibility index (Phi) is 8.00. The zero-order chi connectivity index (χ0) is 30.8. The smallest absolute Gasteiger partial charge is 0.416 e. The lowest BCUT2D eigenvalue weighted by Crippen LogP contribution is -2.20. The monoisotopic (exact) mass is 665 g/mol. The van der Waals surface area contributed by atoms with Crippen LogP contribution in [0.4, 0.5) is 13.2 Å². The van der Waals surface area contributed by atoms with Crippen LogP contribution in [0.25, 0.3) is 22.3 Å². The molecular formula is C32H23BrF3N3O5. The Bertz CT molecular complexity index is 1960. The lowest BCUT2D eigenvalue weighted by atomic mass is 10.1. The van der Waals surface area contributed by atoms with Gasteiger partial charge in [-0.15, -0.1) is 0 Å². The van der Waals surface area contributed by atoms with Crippen LogP contribution in [0, 0.1) is 0 Å². The topological polar surface area (TPSA) is 84.2 Å². The fourth-order valence-electron chi connectivity index (χ4n) is 4.63. The number of nitrogens with zero attached hydrogens (tertiary/aromatic N) is 3. The number of rotatable bonds is 8. The van der Waals surface area contributed by atoms with Gasteiger partial charge in [-0.1, -0.05) is 30.3 Å². The number of aromatic nitrogens is 2. The third-order valence-electron chi connectivity index (χ3n) is 6.68. The molecule has 0 N–H and O–H groups in total. The van der Waals surface area contributed by atoms with Crippen molar-refractivity contribution in [2.24, 2.45) is 5.10 Å². The Morgan fingerprint density at radius 2 is 1.82 bits per heavy atom. The molecule has 1 aliphatic heterocycles. The van der Waals surface area contributed by atoms with Gasteiger partial charge in [0.15, 0.2) is 28.8 Å². The van der Waals surface area contributed by atoms with Gasteiger partial charge >= 0.3 is 6.18 Å². The Labute approximate surface area is 257 Å². The highest BCUT2D eigenvalue weighted by Gasteiger charge is 2.31. The van der Waals surface area contributed by atoms with Gasteiger partial charge in [-0.3, -0.25) is 4.79 Å². The van der Waals surface area contributed by atoms with Crippen LogP contribution < -0.4 is 24.5 Å². The minimum Gasteiger partial charge on any atom is -0.490 e. The third-order valence-corrected chi connectivity index (χ3v) is 7.27. The highest BCUT2D eigenvalue weighted by Crippen LogP contribution is 2.38. The molecule has 0 bridgehead atoms. The highest BCUT2D eigenvalue weighted by atomic mass is 79.9. The number of ether oxygens (including phenoxy) is 4. The van der Waals surface area contributed by atoms with Gasteiger partial charge in [0.1, 0.15) is 6.61 Å². The zero-order valence-electron chi connectivity index (χ0n) is 23.1. The number of halogens is 4. The summed E-state index contributed by atoms with van der Waals surface area (Å²) in [4.78, 5) is 18.0. The molecule has 0 saturated heterocycles. The molecule has 6 rings (SSSR count). The van der Waals surface area contributed by atoms with Crippen LogP contribution in [0.5, 0.6) is 23.0 Å². The first-order valence-electron chi connectivity index (χ1n) is 13.4. The average Bonchev–Trinajstić information content (AvgIpc) is 3.48. The van der Waals surface area contributed by atoms with Gasteiger partial charge in [0.2, 0.25) is 6.79 Å². The summed E-state index contributed by atoms with van der Waals surface area (Å²) in [6, 6.07) is 20.1. The minimum atomic E-state index is -4.57. The summed E-state index contributed by atoms with van der Waals surface area (Å²) in [6.45, 7) is 2.58. The highest BCUT2D eigenvalue weighted by molar-refractivity contribution is 9.10. The minimum absolute atomic E-state index is 0.0381. The normalized spacial score (nSPS) is 12.7. The summed E-state index contributed by atoms with van der Waals surface area (Å²) >= 11 is 3.54. The van der Waals surface area contributed by atoms with Crippen molar-refractivity contribution in [2.75, 3.05) is 13.4 Å². The van der Waals surface area contributed by atoms with Gasteiger partial charge in [0, 0.05) is 5.56 Å². The maximum Gasteiger partial charge on any atom is 0.416 e. The Morgan fingerprint density at radius 3 is 2.64 bits per heavy atom. The van der Waals surface area contributed by atoms with Gasteiger partial charge < -0.3 is 18.9 Å². The van der Waals surface area contributed by atoms with Crippen LogP contribution in [0.1, 0.15) is 23.6 Å². The van der Waals surface area contributed by atoms with Gasteiger partial charge in [0.25, 0.3) is 5.56 Å². The third kappa shape index (κ3) is 5.98. The van der Waals surface area contributed by atoms with E-state index in [1.165, 1.54) is 18.3 Å². The van der Waals surface area contributed by atoms with Crippen molar-refractivity contribution >= 4 is 33.0 Å². The standard InChI is InChI=1S/C32H23BrF3N3O5/c1-2-41-28-14-20(12-24(33)29(28)42-17-19-10-11-26-27(13-19)44-18-43-26)16-37-39-30(21-6-5-7-22(15-21)32(34,35)36)38-25-9-4-3-8-23(25)31(39)40/h3-16H,2,17-18H2,1H3. The molecule has 5 aromatic rings. The van der Waals surface area contributed by atoms with Crippen LogP contribution in [0.2, 0.25) is 0 Å². The van der Waals surface area contributed by atoms with E-state index < -0.39 is 17.3 Å². The number of benzene rings is 4. The second-order valence-corrected chi connectivity index (χ2v) is 10.5. The van der Waals surface area contributed by atoms with Crippen LogP contribution in [-0.4, -0.2) is 29.3 Å². The molecule has 0 spiro atoms. The molecule has 2 heterocycles. The maximum absolute atomic E-state index is 13.5. The SMILES string of the molecule is CCOc1cc(C=Nn2c(-c3cccc(C(F)(F)F)c3)nc3ccccc3c2=O)cc(Br)c1OCc1ccc2c(c1)OCO2. The maximum atomic E-state index is 13.5. The lowest BCUT2D eigenvalue weighted by Gasteiger charge is -2.15. The molecule has 0 aliphatic carbocycles. The molecule has 4 aromatic carbocycles. The number of hydrogen-bond acceptors (Lipinski definition) is 7. The molecule has 0 fully saturated rings. The van der Waals surface area contributed by atoms with Crippen molar-refractivity contribution in [3.63, 3.8) is 0 Å². The van der Waals surface area contributed by atoms with Gasteiger partial charge in [-0.25, -0.2) is 4.98 Å². The Hall–Kier alpha value is -4.84. The van der Waals surface area contributed by atoms with E-state index in [9.17, 15) is 18.0 Å². The van der Waals surface area contributed by atoms with E-state index in [0.717, 1.165) is 22.4 Å². The number of alkyl halides is 3. The molecule has 8 nitrogen and oxygen atoms in total. The number of hydrogen-bond donors (Lipinski definition) is 0. The first-order chi connectivity index (χ1) is 21.2. The van der Waals surface area contributed by atoms with E-state index in [0.29, 0.717) is 45.2 Å². The van der Waals surface area contributed by atoms with E-state index >= 15 is 0 Å². The molecule has 0 atom stereocenters. The van der Waals surface area contributed by atoms with Gasteiger partial charge in [-0.05, 0) is 82.5 Å². The molecule has 0 amide bonds. The number of para-hydroxylation sites is 1. The summed E-state index contributed by atoms with van der Waals surface area (Å²) in [5, 5.41) is 4.65. The van der Waals surface area contributed by atoms with E-state index in [-0.39, 0.29) is 30.2 Å². The largest absolute Gasteiger partial charge is 0.490 e. The summed E-state index contributed by atoms with van der Waals surface area (Å²) in [6.07, 6.45) is -3.17. The summed E-state index contributed by atoms with van der Waals surface area (Å²) < 4.78 is 64.8. The quantitative estimate of drug-likeness (QED) is 0.160. The van der Waals surface area contributed by atoms with Crippen LogP contribution in [-0.2, 0) is 12.8 Å². The van der Waals surface area contributed by atoms with E-state index in [4.69, 9.17) is 18.9 Å². The number of fused-ring (bicyclic) bond motifs is 2. The van der Waals surface area contributed by atoms with Crippen LogP contribution >= 0.6 is 15.9 Å². The van der Waals surface area contributed by atoms with E-state index in [1.54, 1.807) is 36.4 Å². The molecule has 0 saturated carbocycles. The van der Waals surface area contributed by atoms with Gasteiger partial charge in [0.05, 0.1) is 33.8 Å². The first-order valence-corrected chi connectivity index (χ1v) is 14.2. The van der Waals surface area contributed by atoms with Crippen LogP contribution in [0.15, 0.2) is 93.2 Å². The molecule has 0 unspecified atom stereocenters. The fraction of sp³-hybridized carbons (Fsp3) is 0.156. The average molecular weight is 666 g/mol. The summed E-state index contributed by atoms with van der Waals surface area (Å²) in [5.74, 6) is 2.15. The zero-order valence-corrected chi connectivity index (χ0v) is 24.7. The van der Waals surface area contributed by atoms with Crippen molar-refractivity contribution in [3.05, 3.63) is 110 Å². The molecule has 1 aliphatic rings. The molecule has 1 aromatic heterocycles. The predicted octanol–water partition coefficient (Wildman–Crippen LogP) is 7.43. The van der Waals surface area contributed by atoms with Crippen molar-refractivity contribution < 1.29 is 32.1 Å². The molecule has 12 heteroatoms. The van der Waals surface area contributed by atoms with Crippen molar-refractivity contribution in [1.82, 2.24) is 9.66 Å². The molecule has 224 valence electrons. The van der Waals surface area contributed by atoms with Crippen molar-refractivity contribution in [3.8, 4) is 34.4 Å². The van der Waals surface area contributed by atoms with Crippen molar-refractivity contribution in [1.29, 1.82) is 0 Å². The van der Waals surface area contributed by atoms with Crippen LogP contribution in [0.3, 0.4) is 0 Å². The Balaban J connectivity index is 1.36. The lowest BCUT2D eigenvalue weighted by molar-refractivity contribution is -0.137. The summed E-state index contributed by atoms with van der Waals surface area (Å²) in [7, 11) is 0. The molecule has 0 radical (unpaired) electrons. The molecular weight excluding hydrogens is 643 g/mol. The van der Waals surface area contributed by atoms with E-state index in [2.05, 4.69) is 26.0 Å².